The first kappa shape index (κ1) is 21.0. The van der Waals surface area contributed by atoms with E-state index >= 15 is 0 Å². The number of ether oxygens (including phenoxy) is 2. The van der Waals surface area contributed by atoms with Crippen LogP contribution in [0.2, 0.25) is 5.02 Å². The molecule has 10 heteroatoms. The van der Waals surface area contributed by atoms with Crippen molar-refractivity contribution in [2.45, 2.75) is 13.0 Å². The molecule has 3 heterocycles. The Balaban J connectivity index is 1.84. The number of aromatic nitrogens is 6. The summed E-state index contributed by atoms with van der Waals surface area (Å²) in [6.07, 6.45) is -0.0501. The quantitative estimate of drug-likeness (QED) is 0.355. The van der Waals surface area contributed by atoms with Crippen molar-refractivity contribution in [2.24, 2.45) is 0 Å². The highest BCUT2D eigenvalue weighted by Gasteiger charge is 2.24. The van der Waals surface area contributed by atoms with Gasteiger partial charge in [0.1, 0.15) is 5.69 Å². The van der Waals surface area contributed by atoms with Crippen molar-refractivity contribution in [1.29, 1.82) is 0 Å². The molecule has 0 unspecified atom stereocenters. The third-order valence-corrected chi connectivity index (χ3v) is 5.49. The molecular weight excluding hydrogens is 444 g/mol. The molecule has 2 aromatic carbocycles. The maximum Gasteiger partial charge on any atom is 0.311 e. The fourth-order valence-electron chi connectivity index (χ4n) is 3.76. The van der Waals surface area contributed by atoms with Gasteiger partial charge in [-0.2, -0.15) is 14.7 Å². The van der Waals surface area contributed by atoms with Crippen LogP contribution in [0.4, 0.5) is 0 Å². The van der Waals surface area contributed by atoms with Crippen LogP contribution in [0.25, 0.3) is 33.6 Å². The van der Waals surface area contributed by atoms with Crippen LogP contribution in [0.15, 0.2) is 54.6 Å². The Hall–Kier alpha value is -3.82. The zero-order chi connectivity index (χ0) is 22.9. The summed E-state index contributed by atoms with van der Waals surface area (Å²) in [6.45, 7) is 0.291. The monoisotopic (exact) mass is 462 g/mol. The molecule has 0 aliphatic rings. The minimum absolute atomic E-state index is 0.0501. The van der Waals surface area contributed by atoms with Gasteiger partial charge in [-0.3, -0.25) is 4.79 Å². The van der Waals surface area contributed by atoms with Crippen LogP contribution in [0.5, 0.6) is 0 Å². The molecule has 0 radical (unpaired) electrons. The maximum absolute atomic E-state index is 12.0. The Morgan fingerprint density at radius 1 is 0.970 bits per heavy atom. The van der Waals surface area contributed by atoms with Gasteiger partial charge in [0.25, 0.3) is 0 Å². The molecule has 0 spiro atoms. The Morgan fingerprint density at radius 2 is 1.73 bits per heavy atom. The van der Waals surface area contributed by atoms with E-state index in [1.165, 1.54) is 7.11 Å². The van der Waals surface area contributed by atoms with Gasteiger partial charge in [0.05, 0.1) is 37.1 Å². The molecule has 9 nitrogen and oxygen atoms in total. The van der Waals surface area contributed by atoms with E-state index in [1.54, 1.807) is 28.4 Å². The first-order chi connectivity index (χ1) is 16.1. The molecule has 0 amide bonds. The molecule has 0 N–H and O–H groups in total. The highest BCUT2D eigenvalue weighted by atomic mass is 35.5. The van der Waals surface area contributed by atoms with Crippen molar-refractivity contribution >= 4 is 34.4 Å². The summed E-state index contributed by atoms with van der Waals surface area (Å²) in [6, 6.07) is 17.0. The molecule has 5 aromatic rings. The van der Waals surface area contributed by atoms with Crippen LogP contribution in [0.3, 0.4) is 0 Å². The first-order valence-electron chi connectivity index (χ1n) is 10.1. The van der Waals surface area contributed by atoms with Gasteiger partial charge < -0.3 is 9.47 Å². The lowest BCUT2D eigenvalue weighted by atomic mass is 10.1. The van der Waals surface area contributed by atoms with Gasteiger partial charge in [-0.15, -0.1) is 10.2 Å². The number of esters is 1. The van der Waals surface area contributed by atoms with Crippen LogP contribution in [0.1, 0.15) is 11.4 Å². The lowest BCUT2D eigenvalue weighted by Crippen LogP contribution is -2.06. The molecule has 33 heavy (non-hydrogen) atoms. The normalized spacial score (nSPS) is 11.4. The summed E-state index contributed by atoms with van der Waals surface area (Å²) in [7, 11) is 2.95. The Bertz CT molecular complexity index is 1460. The van der Waals surface area contributed by atoms with Gasteiger partial charge in [0, 0.05) is 12.1 Å². The van der Waals surface area contributed by atoms with Crippen LogP contribution in [-0.4, -0.2) is 49.8 Å². The molecule has 0 aliphatic carbocycles. The van der Waals surface area contributed by atoms with E-state index in [0.717, 1.165) is 16.8 Å². The molecule has 0 saturated heterocycles. The smallest absolute Gasteiger partial charge is 0.311 e. The lowest BCUT2D eigenvalue weighted by molar-refractivity contribution is -0.139. The molecule has 0 fully saturated rings. The van der Waals surface area contributed by atoms with E-state index in [4.69, 9.17) is 26.2 Å². The predicted octanol–water partition coefficient (Wildman–Crippen LogP) is 3.65. The Morgan fingerprint density at radius 3 is 2.42 bits per heavy atom. The standard InChI is InChI=1S/C23H19ClN6O3/c1-32-13-18-20(14-6-4-3-5-7-14)22-26-25-21-17(12-19(31)33-2)27-29(23(21)30(22)28-18)16-10-8-15(24)9-11-16/h3-11H,12-13H2,1-2H3. The molecule has 0 aliphatic heterocycles. The zero-order valence-corrected chi connectivity index (χ0v) is 18.7. The van der Waals surface area contributed by atoms with Crippen LogP contribution < -0.4 is 0 Å². The van der Waals surface area contributed by atoms with Crippen molar-refractivity contribution in [3.63, 3.8) is 0 Å². The van der Waals surface area contributed by atoms with Crippen molar-refractivity contribution in [2.75, 3.05) is 14.2 Å². The highest BCUT2D eigenvalue weighted by Crippen LogP contribution is 2.31. The van der Waals surface area contributed by atoms with E-state index in [1.807, 2.05) is 42.5 Å². The second-order valence-corrected chi connectivity index (χ2v) is 7.75. The Kier molecular flexibility index (Phi) is 5.49. The number of hydrogen-bond acceptors (Lipinski definition) is 7. The average Bonchev–Trinajstić information content (AvgIpc) is 3.38. The summed E-state index contributed by atoms with van der Waals surface area (Å²) in [5, 5.41) is 19.0. The van der Waals surface area contributed by atoms with Crippen LogP contribution in [0, 0.1) is 0 Å². The van der Waals surface area contributed by atoms with Gasteiger partial charge in [-0.25, -0.2) is 4.68 Å². The van der Waals surface area contributed by atoms with E-state index in [-0.39, 0.29) is 6.42 Å². The molecule has 0 bridgehead atoms. The summed E-state index contributed by atoms with van der Waals surface area (Å²) < 4.78 is 13.6. The van der Waals surface area contributed by atoms with Gasteiger partial charge >= 0.3 is 5.97 Å². The number of nitrogens with zero attached hydrogens (tertiary/aromatic N) is 6. The summed E-state index contributed by atoms with van der Waals surface area (Å²) >= 11 is 6.09. The molecule has 5 rings (SSSR count). The van der Waals surface area contributed by atoms with Crippen LogP contribution in [-0.2, 0) is 27.3 Å². The SMILES string of the molecule is COCc1nn2c(nnc3c(CC(=O)OC)nn(-c4ccc(Cl)cc4)c32)c1-c1ccccc1. The number of hydrogen-bond donors (Lipinski definition) is 0. The van der Waals surface area contributed by atoms with Crippen molar-refractivity contribution in [3.8, 4) is 16.8 Å². The predicted molar refractivity (Wildman–Crippen MR) is 122 cm³/mol. The summed E-state index contributed by atoms with van der Waals surface area (Å²) in [5.74, 6) is -0.426. The third kappa shape index (κ3) is 3.71. The van der Waals surface area contributed by atoms with Gasteiger partial charge in [-0.05, 0) is 29.8 Å². The second kappa shape index (κ2) is 8.61. The highest BCUT2D eigenvalue weighted by molar-refractivity contribution is 6.30. The number of benzene rings is 2. The number of carbonyl (C=O) groups is 1. The summed E-state index contributed by atoms with van der Waals surface area (Å²) in [5.41, 5.74) is 5.23. The van der Waals surface area contributed by atoms with E-state index < -0.39 is 5.97 Å². The number of halogens is 1. The van der Waals surface area contributed by atoms with Gasteiger partial charge in [-0.1, -0.05) is 41.9 Å². The van der Waals surface area contributed by atoms with E-state index in [2.05, 4.69) is 15.3 Å². The van der Waals surface area contributed by atoms with Crippen molar-refractivity contribution < 1.29 is 14.3 Å². The van der Waals surface area contributed by atoms with Crippen LogP contribution >= 0.6 is 11.6 Å². The van der Waals surface area contributed by atoms with Gasteiger partial charge in [0.2, 0.25) is 0 Å². The fraction of sp³-hybridized carbons (Fsp3) is 0.174. The molecule has 0 saturated carbocycles. The number of fused-ring (bicyclic) bond motifs is 3. The fourth-order valence-corrected chi connectivity index (χ4v) is 3.88. The molecule has 166 valence electrons. The maximum atomic E-state index is 12.0. The molecule has 0 atom stereocenters. The minimum Gasteiger partial charge on any atom is -0.469 e. The lowest BCUT2D eigenvalue weighted by Gasteiger charge is -2.04. The third-order valence-electron chi connectivity index (χ3n) is 5.24. The van der Waals surface area contributed by atoms with E-state index in [0.29, 0.717) is 39.8 Å². The number of rotatable bonds is 6. The topological polar surface area (TPSA) is 96.4 Å². The average molecular weight is 463 g/mol. The van der Waals surface area contributed by atoms with E-state index in [9.17, 15) is 4.79 Å². The Labute approximate surface area is 193 Å². The number of carbonyl (C=O) groups excluding carboxylic acids is 1. The zero-order valence-electron chi connectivity index (χ0n) is 17.9. The number of methoxy groups -OCH3 is 2. The minimum atomic E-state index is -0.426. The van der Waals surface area contributed by atoms with Gasteiger partial charge in [0.15, 0.2) is 16.8 Å². The van der Waals surface area contributed by atoms with Crippen molar-refractivity contribution in [1.82, 2.24) is 29.6 Å². The van der Waals surface area contributed by atoms with Crippen molar-refractivity contribution in [3.05, 3.63) is 71.0 Å². The largest absolute Gasteiger partial charge is 0.469 e. The summed E-state index contributed by atoms with van der Waals surface area (Å²) in [4.78, 5) is 12.0. The molecule has 3 aromatic heterocycles. The second-order valence-electron chi connectivity index (χ2n) is 7.32. The first-order valence-corrected chi connectivity index (χ1v) is 10.5. The molecular formula is C23H19ClN6O3.